The number of aliphatic carboxylic acids is 1. The van der Waals surface area contributed by atoms with Crippen LogP contribution in [-0.4, -0.2) is 66.7 Å². The number of rotatable bonds is 8. The van der Waals surface area contributed by atoms with E-state index in [0.29, 0.717) is 12.8 Å². The Morgan fingerprint density at radius 1 is 1.48 bits per heavy atom. The molecule has 0 radical (unpaired) electrons. The molecule has 0 aromatic rings. The van der Waals surface area contributed by atoms with Crippen molar-refractivity contribution in [2.45, 2.75) is 38.3 Å². The van der Waals surface area contributed by atoms with E-state index < -0.39 is 40.8 Å². The van der Waals surface area contributed by atoms with E-state index in [1.807, 2.05) is 4.72 Å². The number of aliphatic hydroxyl groups excluding tert-OH is 1. The zero-order chi connectivity index (χ0) is 16.0. The van der Waals surface area contributed by atoms with Crippen LogP contribution in [0, 0.1) is 0 Å². The van der Waals surface area contributed by atoms with Crippen LogP contribution in [0.5, 0.6) is 0 Å². The molecule has 0 aliphatic carbocycles. The molecule has 0 aromatic heterocycles. The fourth-order valence-corrected chi connectivity index (χ4v) is 3.72. The molecule has 3 N–H and O–H groups in total. The van der Waals surface area contributed by atoms with Gasteiger partial charge in [-0.1, -0.05) is 0 Å². The summed E-state index contributed by atoms with van der Waals surface area (Å²) in [6.45, 7) is 1.40. The number of hydrogen-bond acceptors (Lipinski definition) is 6. The summed E-state index contributed by atoms with van der Waals surface area (Å²) >= 11 is 0. The first-order valence-corrected chi connectivity index (χ1v) is 8.07. The summed E-state index contributed by atoms with van der Waals surface area (Å²) in [7, 11) is -4.15. The van der Waals surface area contributed by atoms with Crippen molar-refractivity contribution in [1.82, 2.24) is 9.03 Å². The number of carbonyl (C=O) groups excluding carboxylic acids is 1. The lowest BCUT2D eigenvalue weighted by atomic mass is 10.2. The van der Waals surface area contributed by atoms with Crippen molar-refractivity contribution < 1.29 is 33.0 Å². The van der Waals surface area contributed by atoms with Gasteiger partial charge in [-0.3, -0.25) is 9.59 Å². The van der Waals surface area contributed by atoms with Crippen molar-refractivity contribution in [3.63, 3.8) is 0 Å². The number of ether oxygens (including phenoxy) is 1. The van der Waals surface area contributed by atoms with Crippen LogP contribution in [0.2, 0.25) is 0 Å². The number of carboxylic acid groups (broad SMARTS) is 1. The largest absolute Gasteiger partial charge is 0.480 e. The summed E-state index contributed by atoms with van der Waals surface area (Å²) < 4.78 is 32.1. The van der Waals surface area contributed by atoms with Crippen LogP contribution in [0.25, 0.3) is 0 Å². The van der Waals surface area contributed by atoms with Gasteiger partial charge in [-0.15, -0.1) is 0 Å². The maximum Gasteiger partial charge on any atom is 0.324 e. The molecule has 0 spiro atoms. The minimum Gasteiger partial charge on any atom is -0.480 e. The molecule has 21 heavy (non-hydrogen) atoms. The molecule has 10 heteroatoms. The number of aliphatic hydroxyl groups is 1. The number of carbonyl (C=O) groups is 2. The van der Waals surface area contributed by atoms with Gasteiger partial charge in [0.05, 0.1) is 6.61 Å². The normalized spacial score (nSPS) is 21.1. The Hall–Kier alpha value is -1.23. The third-order valence-corrected chi connectivity index (χ3v) is 4.72. The second-order valence-electron chi connectivity index (χ2n) is 4.55. The Morgan fingerprint density at radius 2 is 2.14 bits per heavy atom. The standard InChI is InChI=1S/C11H20N2O7S/c1-2-20-11(17)9-4-3-6-13(9)21(18,19)12-8(5-7-14)10(15)16/h8-9,12,14H,2-7H2,1H3,(H,15,16). The fourth-order valence-electron chi connectivity index (χ4n) is 2.11. The second-order valence-corrected chi connectivity index (χ2v) is 6.20. The van der Waals surface area contributed by atoms with Gasteiger partial charge in [0, 0.05) is 13.2 Å². The molecule has 0 amide bonds. The van der Waals surface area contributed by atoms with E-state index >= 15 is 0 Å². The van der Waals surface area contributed by atoms with Gasteiger partial charge in [-0.2, -0.15) is 17.4 Å². The van der Waals surface area contributed by atoms with Crippen molar-refractivity contribution in [2.75, 3.05) is 19.8 Å². The van der Waals surface area contributed by atoms with E-state index in [1.54, 1.807) is 6.92 Å². The molecular formula is C11H20N2O7S. The Balaban J connectivity index is 2.85. The third kappa shape index (κ3) is 4.63. The van der Waals surface area contributed by atoms with Gasteiger partial charge < -0.3 is 14.9 Å². The zero-order valence-electron chi connectivity index (χ0n) is 11.7. The van der Waals surface area contributed by atoms with Crippen LogP contribution < -0.4 is 4.72 Å². The molecule has 0 aromatic carbocycles. The highest BCUT2D eigenvalue weighted by molar-refractivity contribution is 7.87. The number of nitrogens with zero attached hydrogens (tertiary/aromatic N) is 1. The second kappa shape index (κ2) is 7.69. The van der Waals surface area contributed by atoms with Gasteiger partial charge in [-0.25, -0.2) is 0 Å². The van der Waals surface area contributed by atoms with Crippen molar-refractivity contribution in [1.29, 1.82) is 0 Å². The van der Waals surface area contributed by atoms with Gasteiger partial charge >= 0.3 is 11.9 Å². The molecule has 122 valence electrons. The Labute approximate surface area is 123 Å². The summed E-state index contributed by atoms with van der Waals surface area (Å²) in [6, 6.07) is -2.38. The predicted octanol–water partition coefficient (Wildman–Crippen LogP) is -1.32. The molecule has 0 saturated carbocycles. The molecule has 1 saturated heterocycles. The van der Waals surface area contributed by atoms with Crippen LogP contribution in [-0.2, 0) is 24.5 Å². The van der Waals surface area contributed by atoms with Gasteiger partial charge in [0.15, 0.2) is 0 Å². The van der Waals surface area contributed by atoms with Crippen molar-refractivity contribution >= 4 is 22.1 Å². The lowest BCUT2D eigenvalue weighted by Gasteiger charge is -2.24. The molecule has 9 nitrogen and oxygen atoms in total. The highest BCUT2D eigenvalue weighted by Gasteiger charge is 2.41. The number of carboxylic acids is 1. The number of nitrogens with one attached hydrogen (secondary N) is 1. The predicted molar refractivity (Wildman–Crippen MR) is 71.5 cm³/mol. The maximum absolute atomic E-state index is 12.2. The quantitative estimate of drug-likeness (QED) is 0.472. The number of esters is 1. The van der Waals surface area contributed by atoms with Gasteiger partial charge in [0.25, 0.3) is 10.2 Å². The topological polar surface area (TPSA) is 133 Å². The van der Waals surface area contributed by atoms with Crippen LogP contribution in [0.1, 0.15) is 26.2 Å². The minimum absolute atomic E-state index is 0.115. The lowest BCUT2D eigenvalue weighted by Crippen LogP contribution is -2.51. The van der Waals surface area contributed by atoms with Crippen LogP contribution in [0.15, 0.2) is 0 Å². The molecule has 2 atom stereocenters. The summed E-state index contributed by atoms with van der Waals surface area (Å²) in [5.74, 6) is -2.03. The Morgan fingerprint density at radius 3 is 2.67 bits per heavy atom. The molecule has 1 aliphatic heterocycles. The monoisotopic (exact) mass is 324 g/mol. The highest BCUT2D eigenvalue weighted by Crippen LogP contribution is 2.21. The van der Waals surface area contributed by atoms with Crippen LogP contribution >= 0.6 is 0 Å². The van der Waals surface area contributed by atoms with E-state index in [1.165, 1.54) is 0 Å². The molecule has 1 heterocycles. The smallest absolute Gasteiger partial charge is 0.324 e. The van der Waals surface area contributed by atoms with E-state index in [2.05, 4.69) is 0 Å². The summed E-state index contributed by atoms with van der Waals surface area (Å²) in [5.41, 5.74) is 0. The maximum atomic E-state index is 12.2. The SMILES string of the molecule is CCOC(=O)C1CCCN1S(=O)(=O)NC(CCO)C(=O)O. The van der Waals surface area contributed by atoms with E-state index in [9.17, 15) is 18.0 Å². The van der Waals surface area contributed by atoms with Crippen LogP contribution in [0.3, 0.4) is 0 Å². The highest BCUT2D eigenvalue weighted by atomic mass is 32.2. The molecule has 2 unspecified atom stereocenters. The first-order chi connectivity index (χ1) is 9.83. The molecule has 0 bridgehead atoms. The van der Waals surface area contributed by atoms with Crippen LogP contribution in [0.4, 0.5) is 0 Å². The minimum atomic E-state index is -4.15. The lowest BCUT2D eigenvalue weighted by molar-refractivity contribution is -0.146. The van der Waals surface area contributed by atoms with Gasteiger partial charge in [-0.05, 0) is 26.2 Å². The first-order valence-electron chi connectivity index (χ1n) is 6.62. The average molecular weight is 324 g/mol. The van der Waals surface area contributed by atoms with Gasteiger partial charge in [0.1, 0.15) is 12.1 Å². The van der Waals surface area contributed by atoms with Crippen molar-refractivity contribution in [3.8, 4) is 0 Å². The first kappa shape index (κ1) is 17.8. The Bertz CT molecular complexity index is 479. The molecule has 1 fully saturated rings. The summed E-state index contributed by atoms with van der Waals surface area (Å²) in [6.07, 6.45) is 0.562. The summed E-state index contributed by atoms with van der Waals surface area (Å²) in [4.78, 5) is 22.7. The van der Waals surface area contributed by atoms with E-state index in [0.717, 1.165) is 4.31 Å². The zero-order valence-corrected chi connectivity index (χ0v) is 12.5. The third-order valence-electron chi connectivity index (χ3n) is 3.08. The summed E-state index contributed by atoms with van der Waals surface area (Å²) in [5, 5.41) is 17.7. The molecule has 1 rings (SSSR count). The van der Waals surface area contributed by atoms with E-state index in [-0.39, 0.29) is 19.6 Å². The molecule has 1 aliphatic rings. The van der Waals surface area contributed by atoms with Crippen molar-refractivity contribution in [2.24, 2.45) is 0 Å². The Kier molecular flexibility index (Phi) is 6.52. The number of hydrogen-bond donors (Lipinski definition) is 3. The van der Waals surface area contributed by atoms with E-state index in [4.69, 9.17) is 14.9 Å². The van der Waals surface area contributed by atoms with Gasteiger partial charge in [0.2, 0.25) is 0 Å². The fraction of sp³-hybridized carbons (Fsp3) is 0.818. The average Bonchev–Trinajstić information content (AvgIpc) is 2.88. The van der Waals surface area contributed by atoms with Crippen molar-refractivity contribution in [3.05, 3.63) is 0 Å². The molecular weight excluding hydrogens is 304 g/mol.